The number of fused-ring (bicyclic) bond motifs is 8. The third-order valence-corrected chi connectivity index (χ3v) is 10.7. The molecule has 202 valence electrons. The van der Waals surface area contributed by atoms with Crippen LogP contribution in [0.15, 0.2) is 152 Å². The van der Waals surface area contributed by atoms with E-state index in [1.165, 1.54) is 62.2 Å². The number of thiophene rings is 2. The smallest absolute Gasteiger partial charge is 0.0540 e. The number of hydrogen-bond acceptors (Lipinski definition) is 3. The minimum Gasteiger partial charge on any atom is -0.310 e. The second-order valence-corrected chi connectivity index (χ2v) is 13.1. The molecule has 0 aliphatic heterocycles. The Morgan fingerprint density at radius 2 is 1.05 bits per heavy atom. The number of nitrogens with zero attached hydrogens (tertiary/aromatic N) is 1. The normalized spacial score (nSPS) is 11.7. The summed E-state index contributed by atoms with van der Waals surface area (Å²) in [5.41, 5.74) is 5.94. The maximum absolute atomic E-state index is 2.42. The predicted octanol–water partition coefficient (Wildman–Crippen LogP) is 12.7. The highest BCUT2D eigenvalue weighted by Gasteiger charge is 2.20. The van der Waals surface area contributed by atoms with Crippen molar-refractivity contribution in [3.05, 3.63) is 152 Å². The summed E-state index contributed by atoms with van der Waals surface area (Å²) in [6, 6.07) is 55.4. The highest BCUT2D eigenvalue weighted by molar-refractivity contribution is 7.26. The zero-order valence-corrected chi connectivity index (χ0v) is 24.8. The van der Waals surface area contributed by atoms with Crippen molar-refractivity contribution >= 4 is 90.9 Å². The third-order valence-electron chi connectivity index (χ3n) is 8.45. The molecule has 9 aromatic rings. The van der Waals surface area contributed by atoms with Crippen molar-refractivity contribution < 1.29 is 0 Å². The first-order valence-electron chi connectivity index (χ1n) is 14.5. The average molecular weight is 584 g/mol. The molecule has 0 saturated carbocycles. The van der Waals surface area contributed by atoms with Crippen LogP contribution in [0.5, 0.6) is 0 Å². The number of anilines is 3. The standard InChI is InChI=1S/C40H25NS2/c1-2-12-27(13-3-1)41(28-22-23-31-30-15-5-8-19-35(30)43-38(31)25-28)34-18-7-4-14-29(34)32-17-10-11-26-21-24-37-40(39(26)32)33-16-6-9-20-36(33)42-37/h1-25H. The maximum atomic E-state index is 2.42. The molecule has 0 fully saturated rings. The summed E-state index contributed by atoms with van der Waals surface area (Å²) >= 11 is 3.74. The Hall–Kier alpha value is -4.96. The molecule has 43 heavy (non-hydrogen) atoms. The highest BCUT2D eigenvalue weighted by atomic mass is 32.1. The van der Waals surface area contributed by atoms with Crippen molar-refractivity contribution in [1.82, 2.24) is 0 Å². The van der Waals surface area contributed by atoms with Crippen molar-refractivity contribution in [3.63, 3.8) is 0 Å². The van der Waals surface area contributed by atoms with Gasteiger partial charge in [0.2, 0.25) is 0 Å². The quantitative estimate of drug-likeness (QED) is 0.199. The first-order valence-corrected chi connectivity index (χ1v) is 16.2. The van der Waals surface area contributed by atoms with E-state index in [0.717, 1.165) is 17.1 Å². The topological polar surface area (TPSA) is 3.24 Å². The molecule has 3 heteroatoms. The molecule has 0 aliphatic carbocycles. The van der Waals surface area contributed by atoms with Crippen LogP contribution in [0, 0.1) is 0 Å². The van der Waals surface area contributed by atoms with Gasteiger partial charge in [-0.15, -0.1) is 22.7 Å². The van der Waals surface area contributed by atoms with Gasteiger partial charge in [0.15, 0.2) is 0 Å². The van der Waals surface area contributed by atoms with Crippen molar-refractivity contribution in [2.75, 3.05) is 4.90 Å². The summed E-state index contributed by atoms with van der Waals surface area (Å²) in [6.45, 7) is 0. The Labute approximate surface area is 257 Å². The van der Waals surface area contributed by atoms with Gasteiger partial charge in [0.05, 0.1) is 5.69 Å². The summed E-state index contributed by atoms with van der Waals surface area (Å²) in [4.78, 5) is 2.42. The Morgan fingerprint density at radius 3 is 1.93 bits per heavy atom. The third kappa shape index (κ3) is 3.90. The van der Waals surface area contributed by atoms with E-state index >= 15 is 0 Å². The van der Waals surface area contributed by atoms with Crippen LogP contribution in [0.2, 0.25) is 0 Å². The Morgan fingerprint density at radius 1 is 0.372 bits per heavy atom. The molecule has 0 N–H and O–H groups in total. The van der Waals surface area contributed by atoms with E-state index in [-0.39, 0.29) is 0 Å². The molecule has 0 amide bonds. The van der Waals surface area contributed by atoms with Crippen LogP contribution in [-0.4, -0.2) is 0 Å². The molecule has 1 nitrogen and oxygen atoms in total. The predicted molar refractivity (Wildman–Crippen MR) is 190 cm³/mol. The number of rotatable bonds is 4. The molecular weight excluding hydrogens is 559 g/mol. The first kappa shape index (κ1) is 24.6. The van der Waals surface area contributed by atoms with Gasteiger partial charge in [-0.25, -0.2) is 0 Å². The molecule has 9 rings (SSSR count). The van der Waals surface area contributed by atoms with Gasteiger partial charge in [-0.2, -0.15) is 0 Å². The van der Waals surface area contributed by atoms with E-state index in [9.17, 15) is 0 Å². The monoisotopic (exact) mass is 583 g/mol. The molecule has 0 aliphatic rings. The van der Waals surface area contributed by atoms with Gasteiger partial charge in [-0.05, 0) is 64.9 Å². The van der Waals surface area contributed by atoms with Crippen LogP contribution in [0.1, 0.15) is 0 Å². The van der Waals surface area contributed by atoms with Crippen LogP contribution in [0.4, 0.5) is 17.1 Å². The summed E-state index contributed by atoms with van der Waals surface area (Å²) in [7, 11) is 0. The zero-order chi connectivity index (χ0) is 28.3. The van der Waals surface area contributed by atoms with E-state index < -0.39 is 0 Å². The first-order chi connectivity index (χ1) is 21.3. The molecular formula is C40H25NS2. The molecule has 2 heterocycles. The van der Waals surface area contributed by atoms with Crippen LogP contribution in [-0.2, 0) is 0 Å². The van der Waals surface area contributed by atoms with Gasteiger partial charge in [-0.1, -0.05) is 103 Å². The molecule has 7 aromatic carbocycles. The second kappa shape index (κ2) is 9.81. The van der Waals surface area contributed by atoms with Gasteiger partial charge in [0.25, 0.3) is 0 Å². The molecule has 0 atom stereocenters. The average Bonchev–Trinajstić information content (AvgIpc) is 3.63. The fourth-order valence-electron chi connectivity index (χ4n) is 6.57. The van der Waals surface area contributed by atoms with Crippen molar-refractivity contribution in [2.45, 2.75) is 0 Å². The fourth-order valence-corrected chi connectivity index (χ4v) is 8.82. The van der Waals surface area contributed by atoms with Crippen LogP contribution in [0.25, 0.3) is 62.2 Å². The van der Waals surface area contributed by atoms with Crippen molar-refractivity contribution in [1.29, 1.82) is 0 Å². The number of benzene rings is 7. The fraction of sp³-hybridized carbons (Fsp3) is 0. The lowest BCUT2D eigenvalue weighted by Gasteiger charge is -2.28. The molecule has 0 saturated heterocycles. The van der Waals surface area contributed by atoms with Gasteiger partial charge >= 0.3 is 0 Å². The van der Waals surface area contributed by atoms with E-state index in [2.05, 4.69) is 157 Å². The second-order valence-electron chi connectivity index (χ2n) is 10.9. The summed E-state index contributed by atoms with van der Waals surface area (Å²) in [5.74, 6) is 0. The number of hydrogen-bond donors (Lipinski definition) is 0. The van der Waals surface area contributed by atoms with E-state index in [1.54, 1.807) is 0 Å². The molecule has 2 aromatic heterocycles. The van der Waals surface area contributed by atoms with Crippen LogP contribution in [0.3, 0.4) is 0 Å². The summed E-state index contributed by atoms with van der Waals surface area (Å²) < 4.78 is 5.28. The van der Waals surface area contributed by atoms with Crippen LogP contribution >= 0.6 is 22.7 Å². The SMILES string of the molecule is c1ccc(N(c2ccc3c(c2)sc2ccccc23)c2ccccc2-c2cccc3ccc4sc5ccccc5c4c23)cc1. The van der Waals surface area contributed by atoms with Gasteiger partial charge in [0, 0.05) is 57.3 Å². The van der Waals surface area contributed by atoms with Crippen molar-refractivity contribution in [3.8, 4) is 11.1 Å². The van der Waals surface area contributed by atoms with E-state index in [0.29, 0.717) is 0 Å². The van der Waals surface area contributed by atoms with Gasteiger partial charge < -0.3 is 4.90 Å². The largest absolute Gasteiger partial charge is 0.310 e. The van der Waals surface area contributed by atoms with E-state index in [1.807, 2.05) is 22.7 Å². The lowest BCUT2D eigenvalue weighted by atomic mass is 9.93. The highest BCUT2D eigenvalue weighted by Crippen LogP contribution is 2.47. The van der Waals surface area contributed by atoms with E-state index in [4.69, 9.17) is 0 Å². The minimum atomic E-state index is 1.14. The van der Waals surface area contributed by atoms with Gasteiger partial charge in [-0.3, -0.25) is 0 Å². The van der Waals surface area contributed by atoms with Gasteiger partial charge in [0.1, 0.15) is 0 Å². The number of para-hydroxylation sites is 2. The molecule has 0 unspecified atom stereocenters. The Balaban J connectivity index is 1.33. The summed E-state index contributed by atoms with van der Waals surface area (Å²) in [5, 5.41) is 7.89. The Kier molecular flexibility index (Phi) is 5.62. The molecule has 0 bridgehead atoms. The lowest BCUT2D eigenvalue weighted by molar-refractivity contribution is 1.29. The van der Waals surface area contributed by atoms with Crippen molar-refractivity contribution in [2.24, 2.45) is 0 Å². The lowest BCUT2D eigenvalue weighted by Crippen LogP contribution is -2.11. The maximum Gasteiger partial charge on any atom is 0.0540 e. The summed E-state index contributed by atoms with van der Waals surface area (Å²) in [6.07, 6.45) is 0. The minimum absolute atomic E-state index is 1.14. The molecule has 0 spiro atoms. The molecule has 0 radical (unpaired) electrons. The van der Waals surface area contributed by atoms with Crippen LogP contribution < -0.4 is 4.90 Å². The Bertz CT molecular complexity index is 2470. The zero-order valence-electron chi connectivity index (χ0n) is 23.2.